The van der Waals surface area contributed by atoms with E-state index in [2.05, 4.69) is 25.7 Å². The van der Waals surface area contributed by atoms with Gasteiger partial charge in [-0.1, -0.05) is 43.7 Å². The van der Waals surface area contributed by atoms with Crippen LogP contribution < -0.4 is 11.1 Å². The monoisotopic (exact) mass is 280 g/mol. The van der Waals surface area contributed by atoms with Crippen LogP contribution in [0.1, 0.15) is 31.9 Å². The van der Waals surface area contributed by atoms with Crippen molar-refractivity contribution in [3.8, 4) is 0 Å². The number of nitrogens with one attached hydrogen (secondary N) is 1. The Kier molecular flexibility index (Phi) is 6.06. The second-order valence-electron chi connectivity index (χ2n) is 4.91. The predicted octanol–water partition coefficient (Wildman–Crippen LogP) is 3.06. The van der Waals surface area contributed by atoms with Gasteiger partial charge in [0.25, 0.3) is 0 Å². The lowest BCUT2D eigenvalue weighted by atomic mass is 9.95. The van der Waals surface area contributed by atoms with E-state index in [1.165, 1.54) is 0 Å². The van der Waals surface area contributed by atoms with E-state index >= 15 is 0 Å². The first-order valence-corrected chi connectivity index (χ1v) is 6.75. The highest BCUT2D eigenvalue weighted by molar-refractivity contribution is 6.30. The van der Waals surface area contributed by atoms with Crippen LogP contribution in [0, 0.1) is 5.92 Å². The van der Waals surface area contributed by atoms with Crippen molar-refractivity contribution in [3.05, 3.63) is 47.5 Å². The minimum Gasteiger partial charge on any atom is -0.348 e. The molecule has 0 radical (unpaired) electrons. The summed E-state index contributed by atoms with van der Waals surface area (Å²) >= 11 is 5.87. The first-order chi connectivity index (χ1) is 8.95. The van der Waals surface area contributed by atoms with Gasteiger partial charge in [-0.05, 0) is 30.0 Å². The number of hydrogen-bond donors (Lipinski definition) is 2. The topological polar surface area (TPSA) is 55.1 Å². The Labute approximate surface area is 119 Å². The molecule has 0 aliphatic heterocycles. The van der Waals surface area contributed by atoms with Crippen LogP contribution in [0.4, 0.5) is 0 Å². The van der Waals surface area contributed by atoms with Crippen molar-refractivity contribution in [2.45, 2.75) is 32.4 Å². The van der Waals surface area contributed by atoms with Gasteiger partial charge in [0.2, 0.25) is 5.91 Å². The lowest BCUT2D eigenvalue weighted by Gasteiger charge is -2.24. The fourth-order valence-corrected chi connectivity index (χ4v) is 1.98. The Bertz CT molecular complexity index is 428. The zero-order chi connectivity index (χ0) is 14.4. The Hall–Kier alpha value is -1.32. The summed E-state index contributed by atoms with van der Waals surface area (Å²) in [7, 11) is 0. The molecular weight excluding hydrogens is 260 g/mol. The van der Waals surface area contributed by atoms with E-state index in [0.717, 1.165) is 5.56 Å². The zero-order valence-electron chi connectivity index (χ0n) is 11.4. The van der Waals surface area contributed by atoms with Gasteiger partial charge in [0.05, 0.1) is 12.1 Å². The van der Waals surface area contributed by atoms with Gasteiger partial charge in [0.1, 0.15) is 0 Å². The highest BCUT2D eigenvalue weighted by atomic mass is 35.5. The summed E-state index contributed by atoms with van der Waals surface area (Å²) in [5, 5.41) is 3.66. The van der Waals surface area contributed by atoms with Gasteiger partial charge in [-0.2, -0.15) is 0 Å². The van der Waals surface area contributed by atoms with E-state index in [1.807, 2.05) is 24.3 Å². The van der Waals surface area contributed by atoms with Crippen LogP contribution in [0.5, 0.6) is 0 Å². The fraction of sp³-hybridized carbons (Fsp3) is 0.400. The maximum atomic E-state index is 12.0. The second-order valence-corrected chi connectivity index (χ2v) is 5.35. The van der Waals surface area contributed by atoms with Crippen molar-refractivity contribution in [1.82, 2.24) is 5.32 Å². The molecule has 0 spiro atoms. The Morgan fingerprint density at radius 3 is 2.47 bits per heavy atom. The summed E-state index contributed by atoms with van der Waals surface area (Å²) in [6, 6.07) is 6.87. The lowest BCUT2D eigenvalue weighted by Crippen LogP contribution is -2.43. The van der Waals surface area contributed by atoms with E-state index in [1.54, 1.807) is 6.08 Å². The molecule has 0 aliphatic rings. The summed E-state index contributed by atoms with van der Waals surface area (Å²) in [5.74, 6) is 0.106. The molecule has 0 saturated carbocycles. The average Bonchev–Trinajstić information content (AvgIpc) is 2.37. The number of halogens is 1. The molecule has 0 aromatic heterocycles. The van der Waals surface area contributed by atoms with Gasteiger partial charge in [0.15, 0.2) is 0 Å². The molecule has 1 rings (SSSR count). The highest BCUT2D eigenvalue weighted by Gasteiger charge is 2.21. The molecular formula is C15H21ClN2O. The fourth-order valence-electron chi connectivity index (χ4n) is 1.85. The van der Waals surface area contributed by atoms with Crippen molar-refractivity contribution in [2.75, 3.05) is 0 Å². The molecule has 2 atom stereocenters. The van der Waals surface area contributed by atoms with Crippen LogP contribution in [0.3, 0.4) is 0 Å². The van der Waals surface area contributed by atoms with Crippen molar-refractivity contribution in [1.29, 1.82) is 0 Å². The minimum absolute atomic E-state index is 0.0689. The molecule has 0 fully saturated rings. The lowest BCUT2D eigenvalue weighted by molar-refractivity contribution is -0.123. The number of carbonyl (C=O) groups excluding carboxylic acids is 1. The molecule has 3 nitrogen and oxygen atoms in total. The number of benzene rings is 1. The number of nitrogens with two attached hydrogens (primary N) is 1. The quantitative estimate of drug-likeness (QED) is 0.787. The number of hydrogen-bond acceptors (Lipinski definition) is 2. The van der Waals surface area contributed by atoms with E-state index < -0.39 is 6.04 Å². The normalized spacial score (nSPS) is 13.9. The van der Waals surface area contributed by atoms with E-state index in [0.29, 0.717) is 11.4 Å². The van der Waals surface area contributed by atoms with E-state index in [-0.39, 0.29) is 17.9 Å². The van der Waals surface area contributed by atoms with Gasteiger partial charge in [0, 0.05) is 5.02 Å². The standard InChI is InChI=1S/C15H21ClN2O/c1-4-5-13(17)15(19)18-14(10(2)3)11-6-8-12(16)9-7-11/h4,6-10,13-14H,1,5,17H2,2-3H3,(H,18,19). The second kappa shape index (κ2) is 7.31. The molecule has 1 amide bonds. The third kappa shape index (κ3) is 4.69. The van der Waals surface area contributed by atoms with E-state index in [4.69, 9.17) is 17.3 Å². The summed E-state index contributed by atoms with van der Waals surface area (Å²) in [5.41, 5.74) is 6.80. The molecule has 0 saturated heterocycles. The Morgan fingerprint density at radius 1 is 1.42 bits per heavy atom. The number of rotatable bonds is 6. The molecule has 19 heavy (non-hydrogen) atoms. The summed E-state index contributed by atoms with van der Waals surface area (Å²) in [4.78, 5) is 12.0. The molecule has 4 heteroatoms. The minimum atomic E-state index is -0.550. The molecule has 1 aromatic carbocycles. The van der Waals surface area contributed by atoms with Crippen molar-refractivity contribution in [2.24, 2.45) is 11.7 Å². The molecule has 3 N–H and O–H groups in total. The highest BCUT2D eigenvalue weighted by Crippen LogP contribution is 2.23. The molecule has 0 bridgehead atoms. The smallest absolute Gasteiger partial charge is 0.237 e. The number of amides is 1. The van der Waals surface area contributed by atoms with Crippen molar-refractivity contribution >= 4 is 17.5 Å². The van der Waals surface area contributed by atoms with Crippen LogP contribution in [-0.4, -0.2) is 11.9 Å². The third-order valence-corrected chi connectivity index (χ3v) is 3.20. The van der Waals surface area contributed by atoms with Crippen LogP contribution in [0.15, 0.2) is 36.9 Å². The van der Waals surface area contributed by atoms with Crippen LogP contribution in [0.25, 0.3) is 0 Å². The number of carbonyl (C=O) groups is 1. The zero-order valence-corrected chi connectivity index (χ0v) is 12.2. The van der Waals surface area contributed by atoms with Gasteiger partial charge in [-0.15, -0.1) is 6.58 Å². The predicted molar refractivity (Wildman–Crippen MR) is 80.0 cm³/mol. The SMILES string of the molecule is C=CCC(N)C(=O)NC(c1ccc(Cl)cc1)C(C)C. The molecule has 104 valence electrons. The van der Waals surface area contributed by atoms with Crippen molar-refractivity contribution in [3.63, 3.8) is 0 Å². The molecule has 0 heterocycles. The van der Waals surface area contributed by atoms with Crippen LogP contribution in [0.2, 0.25) is 5.02 Å². The average molecular weight is 281 g/mol. The first-order valence-electron chi connectivity index (χ1n) is 6.38. The third-order valence-electron chi connectivity index (χ3n) is 2.95. The van der Waals surface area contributed by atoms with Gasteiger partial charge in [-0.3, -0.25) is 4.79 Å². The first kappa shape index (κ1) is 15.7. The Morgan fingerprint density at radius 2 is 2.00 bits per heavy atom. The summed E-state index contributed by atoms with van der Waals surface area (Å²) < 4.78 is 0. The largest absolute Gasteiger partial charge is 0.348 e. The van der Waals surface area contributed by atoms with Crippen LogP contribution in [-0.2, 0) is 4.79 Å². The van der Waals surface area contributed by atoms with Gasteiger partial charge in [-0.25, -0.2) is 0 Å². The Balaban J connectivity index is 2.81. The molecule has 0 aliphatic carbocycles. The maximum Gasteiger partial charge on any atom is 0.237 e. The summed E-state index contributed by atoms with van der Waals surface area (Å²) in [6.07, 6.45) is 2.12. The summed E-state index contributed by atoms with van der Waals surface area (Å²) in [6.45, 7) is 7.70. The van der Waals surface area contributed by atoms with Gasteiger partial charge >= 0.3 is 0 Å². The van der Waals surface area contributed by atoms with Crippen LogP contribution >= 0.6 is 11.6 Å². The maximum absolute atomic E-state index is 12.0. The van der Waals surface area contributed by atoms with Gasteiger partial charge < -0.3 is 11.1 Å². The van der Waals surface area contributed by atoms with E-state index in [9.17, 15) is 4.79 Å². The molecule has 1 aromatic rings. The van der Waals surface area contributed by atoms with Crippen molar-refractivity contribution < 1.29 is 4.79 Å². The molecule has 2 unspecified atom stereocenters.